The Morgan fingerprint density at radius 3 is 2.18 bits per heavy atom. The number of hydrogen-bond donors (Lipinski definition) is 1. The van der Waals surface area contributed by atoms with E-state index < -0.39 is 16.0 Å². The molecule has 0 saturated heterocycles. The molecular formula is C27H36N4O6S. The van der Waals surface area contributed by atoms with Crippen molar-refractivity contribution in [3.8, 4) is 28.4 Å². The number of hydrogen-bond acceptors (Lipinski definition) is 7. The summed E-state index contributed by atoms with van der Waals surface area (Å²) in [6.07, 6.45) is 0.702. The number of carboxylic acids is 1. The highest BCUT2D eigenvalue weighted by atomic mass is 32.2. The Kier molecular flexibility index (Phi) is 9.18. The summed E-state index contributed by atoms with van der Waals surface area (Å²) in [5.41, 5.74) is 2.06. The maximum Gasteiger partial charge on any atom is 0.356 e. The molecular weight excluding hydrogens is 508 g/mol. The highest BCUT2D eigenvalue weighted by Crippen LogP contribution is 2.40. The van der Waals surface area contributed by atoms with Crippen LogP contribution in [0.5, 0.6) is 11.5 Å². The topological polar surface area (TPSA) is 114 Å². The second kappa shape index (κ2) is 12.0. The van der Waals surface area contributed by atoms with Gasteiger partial charge in [0.2, 0.25) is 10.0 Å². The van der Waals surface area contributed by atoms with Crippen molar-refractivity contribution in [3.63, 3.8) is 0 Å². The van der Waals surface area contributed by atoms with Gasteiger partial charge in [-0.1, -0.05) is 19.9 Å². The standard InChI is InChI=1S/C27H36N4O6S/c1-18(2)20-16-19(38(34,35)30(5)15-9-14-29(3)4)12-13-22(20)31-23(17-21(28-31)27(32)33)26-24(36-6)10-8-11-25(26)37-7/h8,10-13,16-18H,9,14-15H2,1-7H3,(H,32,33). The molecule has 0 aliphatic heterocycles. The highest BCUT2D eigenvalue weighted by Gasteiger charge is 2.26. The van der Waals surface area contributed by atoms with E-state index in [0.717, 1.165) is 6.54 Å². The van der Waals surface area contributed by atoms with Gasteiger partial charge in [-0.3, -0.25) is 0 Å². The lowest BCUT2D eigenvalue weighted by atomic mass is 10.0. The van der Waals surface area contributed by atoms with Crippen molar-refractivity contribution in [2.45, 2.75) is 31.1 Å². The number of ether oxygens (including phenoxy) is 2. The van der Waals surface area contributed by atoms with Crippen molar-refractivity contribution in [1.82, 2.24) is 19.0 Å². The summed E-state index contributed by atoms with van der Waals surface area (Å²) < 4.78 is 40.7. The fraction of sp³-hybridized carbons (Fsp3) is 0.407. The number of carboxylic acid groups (broad SMARTS) is 1. The van der Waals surface area contributed by atoms with Gasteiger partial charge in [-0.25, -0.2) is 22.2 Å². The quantitative estimate of drug-likeness (QED) is 0.365. The third-order valence-electron chi connectivity index (χ3n) is 6.25. The van der Waals surface area contributed by atoms with Gasteiger partial charge in [-0.05, 0) is 74.9 Å². The molecule has 0 atom stereocenters. The van der Waals surface area contributed by atoms with Crippen LogP contribution in [0.1, 0.15) is 42.2 Å². The minimum Gasteiger partial charge on any atom is -0.496 e. The van der Waals surface area contributed by atoms with Crippen molar-refractivity contribution in [2.24, 2.45) is 0 Å². The van der Waals surface area contributed by atoms with Crippen LogP contribution >= 0.6 is 0 Å². The van der Waals surface area contributed by atoms with Crippen LogP contribution in [-0.2, 0) is 10.0 Å². The first-order chi connectivity index (χ1) is 17.9. The van der Waals surface area contributed by atoms with E-state index in [1.165, 1.54) is 35.3 Å². The molecule has 0 unspecified atom stereocenters. The predicted octanol–water partition coefficient (Wildman–Crippen LogP) is 3.95. The lowest BCUT2D eigenvalue weighted by Gasteiger charge is -2.21. The van der Waals surface area contributed by atoms with Gasteiger partial charge in [-0.15, -0.1) is 0 Å². The summed E-state index contributed by atoms with van der Waals surface area (Å²) in [6.45, 7) is 5.05. The maximum atomic E-state index is 13.4. The summed E-state index contributed by atoms with van der Waals surface area (Å²) in [4.78, 5) is 14.1. The largest absolute Gasteiger partial charge is 0.496 e. The molecule has 0 saturated carbocycles. The van der Waals surface area contributed by atoms with Crippen molar-refractivity contribution in [1.29, 1.82) is 0 Å². The Bertz CT molecular complexity index is 1380. The number of aromatic carboxylic acids is 1. The second-order valence-corrected chi connectivity index (χ2v) is 11.6. The average molecular weight is 545 g/mol. The molecule has 0 spiro atoms. The first-order valence-corrected chi connectivity index (χ1v) is 13.7. The zero-order valence-corrected chi connectivity index (χ0v) is 23.7. The molecule has 0 bridgehead atoms. The first-order valence-electron chi connectivity index (χ1n) is 12.2. The van der Waals surface area contributed by atoms with E-state index in [0.29, 0.717) is 47.0 Å². The molecule has 0 aliphatic carbocycles. The van der Waals surface area contributed by atoms with E-state index >= 15 is 0 Å². The Morgan fingerprint density at radius 1 is 1.03 bits per heavy atom. The molecule has 11 heteroatoms. The Morgan fingerprint density at radius 2 is 1.66 bits per heavy atom. The van der Waals surface area contributed by atoms with Gasteiger partial charge in [0, 0.05) is 13.6 Å². The van der Waals surface area contributed by atoms with Gasteiger partial charge in [0.15, 0.2) is 5.69 Å². The van der Waals surface area contributed by atoms with Gasteiger partial charge >= 0.3 is 5.97 Å². The van der Waals surface area contributed by atoms with Crippen LogP contribution < -0.4 is 9.47 Å². The van der Waals surface area contributed by atoms with E-state index in [2.05, 4.69) is 5.10 Å². The van der Waals surface area contributed by atoms with Gasteiger partial charge < -0.3 is 19.5 Å². The fourth-order valence-electron chi connectivity index (χ4n) is 4.21. The first kappa shape index (κ1) is 29.2. The van der Waals surface area contributed by atoms with Crippen LogP contribution in [0.25, 0.3) is 16.9 Å². The number of rotatable bonds is 12. The van der Waals surface area contributed by atoms with Gasteiger partial charge in [-0.2, -0.15) is 5.10 Å². The summed E-state index contributed by atoms with van der Waals surface area (Å²) in [6, 6.07) is 11.6. The lowest BCUT2D eigenvalue weighted by molar-refractivity contribution is 0.0690. The third-order valence-corrected chi connectivity index (χ3v) is 8.10. The molecule has 0 aliphatic rings. The van der Waals surface area contributed by atoms with E-state index in [1.807, 2.05) is 32.8 Å². The van der Waals surface area contributed by atoms with Crippen LogP contribution in [0, 0.1) is 0 Å². The Balaban J connectivity index is 2.19. The summed E-state index contributed by atoms with van der Waals surface area (Å²) in [7, 11) is 4.77. The number of aromatic nitrogens is 2. The van der Waals surface area contributed by atoms with E-state index in [9.17, 15) is 18.3 Å². The fourth-order valence-corrected chi connectivity index (χ4v) is 5.45. The van der Waals surface area contributed by atoms with E-state index in [4.69, 9.17) is 9.47 Å². The number of sulfonamides is 1. The molecule has 0 amide bonds. The lowest BCUT2D eigenvalue weighted by Crippen LogP contribution is -2.30. The van der Waals surface area contributed by atoms with E-state index in [-0.39, 0.29) is 16.5 Å². The van der Waals surface area contributed by atoms with Crippen molar-refractivity contribution >= 4 is 16.0 Å². The van der Waals surface area contributed by atoms with Crippen LogP contribution in [0.4, 0.5) is 0 Å². The van der Waals surface area contributed by atoms with E-state index in [1.54, 1.807) is 37.4 Å². The normalized spacial score (nSPS) is 11.9. The maximum absolute atomic E-state index is 13.4. The molecule has 2 aromatic carbocycles. The van der Waals surface area contributed by atoms with Gasteiger partial charge in [0.05, 0.1) is 36.1 Å². The molecule has 0 fully saturated rings. The summed E-state index contributed by atoms with van der Waals surface area (Å²) in [5.74, 6) is -0.327. The highest BCUT2D eigenvalue weighted by molar-refractivity contribution is 7.89. The molecule has 1 N–H and O–H groups in total. The molecule has 1 aromatic heterocycles. The number of methoxy groups -OCH3 is 2. The van der Waals surface area contributed by atoms with Crippen LogP contribution in [0.15, 0.2) is 47.4 Å². The molecule has 10 nitrogen and oxygen atoms in total. The number of carbonyl (C=O) groups is 1. The zero-order chi connectivity index (χ0) is 28.2. The summed E-state index contributed by atoms with van der Waals surface area (Å²) in [5, 5.41) is 14.1. The smallest absolute Gasteiger partial charge is 0.356 e. The molecule has 206 valence electrons. The van der Waals surface area contributed by atoms with Crippen LogP contribution in [-0.4, -0.2) is 86.9 Å². The average Bonchev–Trinajstić information content (AvgIpc) is 3.32. The van der Waals surface area contributed by atoms with Crippen LogP contribution in [0.3, 0.4) is 0 Å². The Hall–Kier alpha value is -3.41. The summed E-state index contributed by atoms with van der Waals surface area (Å²) >= 11 is 0. The van der Waals surface area contributed by atoms with Gasteiger partial charge in [0.1, 0.15) is 11.5 Å². The number of benzene rings is 2. The predicted molar refractivity (Wildman–Crippen MR) is 146 cm³/mol. The second-order valence-electron chi connectivity index (χ2n) is 9.53. The molecule has 3 rings (SSSR count). The van der Waals surface area contributed by atoms with Gasteiger partial charge in [0.25, 0.3) is 0 Å². The number of nitrogens with zero attached hydrogens (tertiary/aromatic N) is 4. The molecule has 0 radical (unpaired) electrons. The van der Waals surface area contributed by atoms with Crippen LogP contribution in [0.2, 0.25) is 0 Å². The SMILES string of the molecule is COc1cccc(OC)c1-c1cc(C(=O)O)nn1-c1ccc(S(=O)(=O)N(C)CCCN(C)C)cc1C(C)C. The molecule has 1 heterocycles. The monoisotopic (exact) mass is 544 g/mol. The zero-order valence-electron chi connectivity index (χ0n) is 22.9. The molecule has 3 aromatic rings. The van der Waals surface area contributed by atoms with Crippen molar-refractivity contribution < 1.29 is 27.8 Å². The third kappa shape index (κ3) is 6.01. The minimum atomic E-state index is -3.73. The minimum absolute atomic E-state index is 0.0934. The van der Waals surface area contributed by atoms with Crippen molar-refractivity contribution in [3.05, 3.63) is 53.7 Å². The van der Waals surface area contributed by atoms with Crippen molar-refractivity contribution in [2.75, 3.05) is 48.5 Å². The molecule has 38 heavy (non-hydrogen) atoms. The Labute approximate surface area is 224 Å².